The van der Waals surface area contributed by atoms with Crippen LogP contribution in [0.1, 0.15) is 50.5 Å². The van der Waals surface area contributed by atoms with Gasteiger partial charge in [-0.25, -0.2) is 14.4 Å². The van der Waals surface area contributed by atoms with E-state index in [-0.39, 0.29) is 36.2 Å². The normalized spacial score (nSPS) is 28.1. The summed E-state index contributed by atoms with van der Waals surface area (Å²) in [6.07, 6.45) is 3.51. The minimum Gasteiger partial charge on any atom is -0.487 e. The number of halogens is 1. The zero-order valence-electron chi connectivity index (χ0n) is 18.1. The Bertz CT molecular complexity index is 1130. The van der Waals surface area contributed by atoms with Crippen molar-refractivity contribution in [1.29, 1.82) is 0 Å². The van der Waals surface area contributed by atoms with Crippen molar-refractivity contribution in [2.24, 2.45) is 5.73 Å². The molecule has 2 aromatic heterocycles. The van der Waals surface area contributed by atoms with Crippen LogP contribution in [0, 0.1) is 12.7 Å². The van der Waals surface area contributed by atoms with E-state index in [0.717, 1.165) is 16.7 Å². The van der Waals surface area contributed by atoms with E-state index in [4.69, 9.17) is 19.9 Å². The highest BCUT2D eigenvalue weighted by Gasteiger charge is 2.56. The first kappa shape index (κ1) is 20.4. The largest absolute Gasteiger partial charge is 0.487 e. The van der Waals surface area contributed by atoms with E-state index in [0.29, 0.717) is 17.7 Å². The fraction of sp³-hybridized carbons (Fsp3) is 0.478. The van der Waals surface area contributed by atoms with Crippen LogP contribution in [0.4, 0.5) is 4.39 Å². The second kappa shape index (κ2) is 7.25. The molecule has 0 spiro atoms. The zero-order chi connectivity index (χ0) is 21.9. The highest BCUT2D eigenvalue weighted by molar-refractivity contribution is 5.78. The number of nitrogens with zero attached hydrogens (tertiary/aromatic N) is 3. The second-order valence-corrected chi connectivity index (χ2v) is 8.91. The molecular weight excluding hydrogens is 399 g/mol. The number of rotatable bonds is 4. The zero-order valence-corrected chi connectivity index (χ0v) is 18.1. The Morgan fingerprint density at radius 3 is 2.77 bits per heavy atom. The predicted molar refractivity (Wildman–Crippen MR) is 113 cm³/mol. The molecule has 0 radical (unpaired) electrons. The minimum atomic E-state index is -0.726. The van der Waals surface area contributed by atoms with Crippen LogP contribution in [0.25, 0.3) is 11.0 Å². The molecule has 0 bridgehead atoms. The first-order chi connectivity index (χ1) is 14.7. The number of fused-ring (bicyclic) bond motifs is 2. The Hall–Kier alpha value is -2.55. The van der Waals surface area contributed by atoms with Crippen molar-refractivity contribution in [1.82, 2.24) is 14.5 Å². The molecule has 2 fully saturated rings. The molecule has 1 unspecified atom stereocenters. The third-order valence-electron chi connectivity index (χ3n) is 6.19. The third kappa shape index (κ3) is 3.48. The summed E-state index contributed by atoms with van der Waals surface area (Å²) in [5, 5.41) is 1.01. The maximum Gasteiger partial charge on any atom is 0.164 e. The summed E-state index contributed by atoms with van der Waals surface area (Å²) in [6, 6.07) is 6.10. The average molecular weight is 426 g/mol. The van der Waals surface area contributed by atoms with Gasteiger partial charge in [-0.3, -0.25) is 0 Å². The quantitative estimate of drug-likeness (QED) is 0.683. The Balaban J connectivity index is 1.51. The first-order valence-electron chi connectivity index (χ1n) is 10.6. The van der Waals surface area contributed by atoms with Gasteiger partial charge in [0.2, 0.25) is 0 Å². The highest BCUT2D eigenvalue weighted by Crippen LogP contribution is 2.46. The highest BCUT2D eigenvalue weighted by atomic mass is 19.1. The van der Waals surface area contributed by atoms with E-state index in [9.17, 15) is 4.39 Å². The summed E-state index contributed by atoms with van der Waals surface area (Å²) in [7, 11) is 0. The van der Waals surface area contributed by atoms with Gasteiger partial charge in [0.1, 0.15) is 41.9 Å². The number of aryl methyl sites for hydroxylation is 1. The standard InChI is InChI=1S/C23H27FN4O3/c1-12(25)16-9-14(24)5-6-18(16)29-19-10-17(20-21(19)31-23(3,4)30-20)28-8-7-15-13(2)26-11-27-22(15)28/h5-9,11-12,17,19-21H,10,25H2,1-4H3/t12?,17-,19+,20+,21-/m1/s1. The lowest BCUT2D eigenvalue weighted by Gasteiger charge is -2.25. The number of nitrogens with two attached hydrogens (primary N) is 1. The fourth-order valence-electron chi connectivity index (χ4n) is 4.81. The number of hydrogen-bond donors (Lipinski definition) is 1. The third-order valence-corrected chi connectivity index (χ3v) is 6.19. The van der Waals surface area contributed by atoms with E-state index in [1.54, 1.807) is 12.4 Å². The molecule has 1 aliphatic carbocycles. The van der Waals surface area contributed by atoms with Crippen molar-refractivity contribution in [3.63, 3.8) is 0 Å². The molecule has 3 aromatic rings. The molecule has 5 atom stereocenters. The number of ether oxygens (including phenoxy) is 3. The molecule has 8 heteroatoms. The Morgan fingerprint density at radius 1 is 1.23 bits per heavy atom. The van der Waals surface area contributed by atoms with Crippen LogP contribution in [-0.2, 0) is 9.47 Å². The molecule has 164 valence electrons. The summed E-state index contributed by atoms with van der Waals surface area (Å²) < 4.78 is 34.9. The van der Waals surface area contributed by atoms with Crippen LogP contribution < -0.4 is 10.5 Å². The molecule has 2 N–H and O–H groups in total. The van der Waals surface area contributed by atoms with Crippen LogP contribution >= 0.6 is 0 Å². The van der Waals surface area contributed by atoms with Gasteiger partial charge in [0.15, 0.2) is 5.79 Å². The first-order valence-corrected chi connectivity index (χ1v) is 10.6. The van der Waals surface area contributed by atoms with Gasteiger partial charge in [-0.15, -0.1) is 0 Å². The van der Waals surface area contributed by atoms with Gasteiger partial charge in [0.05, 0.1) is 11.7 Å². The molecule has 1 saturated carbocycles. The number of aromatic nitrogens is 3. The molecule has 3 heterocycles. The van der Waals surface area contributed by atoms with Crippen molar-refractivity contribution >= 4 is 11.0 Å². The molecule has 1 saturated heterocycles. The molecule has 1 aromatic carbocycles. The average Bonchev–Trinajstić information content (AvgIpc) is 3.35. The van der Waals surface area contributed by atoms with Crippen molar-refractivity contribution in [2.45, 2.75) is 70.3 Å². The van der Waals surface area contributed by atoms with E-state index >= 15 is 0 Å². The molecule has 0 amide bonds. The van der Waals surface area contributed by atoms with Gasteiger partial charge in [-0.2, -0.15) is 0 Å². The van der Waals surface area contributed by atoms with Crippen LogP contribution in [-0.4, -0.2) is 38.6 Å². The van der Waals surface area contributed by atoms with E-state index < -0.39 is 5.79 Å². The smallest absolute Gasteiger partial charge is 0.164 e. The van der Waals surface area contributed by atoms with Gasteiger partial charge >= 0.3 is 0 Å². The molecule has 1 aliphatic heterocycles. The SMILES string of the molecule is Cc1ncnc2c1ccn2[C@@H]1C[C@H](Oc2ccc(F)cc2C(C)N)[C@H]2OC(C)(C)O[C@H]21. The van der Waals surface area contributed by atoms with Gasteiger partial charge in [-0.1, -0.05) is 0 Å². The summed E-state index contributed by atoms with van der Waals surface area (Å²) in [5.41, 5.74) is 8.50. The van der Waals surface area contributed by atoms with E-state index in [2.05, 4.69) is 14.5 Å². The molecular formula is C23H27FN4O3. The van der Waals surface area contributed by atoms with Crippen molar-refractivity contribution < 1.29 is 18.6 Å². The Morgan fingerprint density at radius 2 is 2.00 bits per heavy atom. The Kier molecular flexibility index (Phi) is 4.76. The molecule has 5 rings (SSSR count). The number of benzene rings is 1. The van der Waals surface area contributed by atoms with Gasteiger partial charge in [-0.05, 0) is 52.0 Å². The molecule has 31 heavy (non-hydrogen) atoms. The van der Waals surface area contributed by atoms with Crippen LogP contribution in [0.15, 0.2) is 36.8 Å². The maximum atomic E-state index is 13.8. The van der Waals surface area contributed by atoms with Gasteiger partial charge in [0, 0.05) is 29.6 Å². The topological polar surface area (TPSA) is 84.4 Å². The van der Waals surface area contributed by atoms with Crippen molar-refractivity contribution in [3.8, 4) is 5.75 Å². The lowest BCUT2D eigenvalue weighted by Crippen LogP contribution is -2.33. The lowest BCUT2D eigenvalue weighted by atomic mass is 10.1. The fourth-order valence-corrected chi connectivity index (χ4v) is 4.81. The monoisotopic (exact) mass is 426 g/mol. The summed E-state index contributed by atoms with van der Waals surface area (Å²) in [4.78, 5) is 8.80. The minimum absolute atomic E-state index is 0.0252. The maximum absolute atomic E-state index is 13.8. The van der Waals surface area contributed by atoms with Crippen molar-refractivity contribution in [2.75, 3.05) is 0 Å². The van der Waals surface area contributed by atoms with Crippen LogP contribution in [0.3, 0.4) is 0 Å². The van der Waals surface area contributed by atoms with Gasteiger partial charge in [0.25, 0.3) is 0 Å². The van der Waals surface area contributed by atoms with Crippen LogP contribution in [0.5, 0.6) is 5.75 Å². The second-order valence-electron chi connectivity index (χ2n) is 8.91. The number of hydrogen-bond acceptors (Lipinski definition) is 6. The molecule has 2 aliphatic rings. The summed E-state index contributed by atoms with van der Waals surface area (Å²) in [6.45, 7) is 7.60. The van der Waals surface area contributed by atoms with Gasteiger partial charge < -0.3 is 24.5 Å². The lowest BCUT2D eigenvalue weighted by molar-refractivity contribution is -0.163. The van der Waals surface area contributed by atoms with E-state index in [1.807, 2.05) is 40.0 Å². The molecule has 7 nitrogen and oxygen atoms in total. The van der Waals surface area contributed by atoms with Crippen LogP contribution in [0.2, 0.25) is 0 Å². The summed E-state index contributed by atoms with van der Waals surface area (Å²) >= 11 is 0. The van der Waals surface area contributed by atoms with E-state index in [1.165, 1.54) is 12.1 Å². The van der Waals surface area contributed by atoms with Crippen molar-refractivity contribution in [3.05, 3.63) is 53.9 Å². The summed E-state index contributed by atoms with van der Waals surface area (Å²) in [5.74, 6) is -0.488. The Labute approximate surface area is 180 Å². The predicted octanol–water partition coefficient (Wildman–Crippen LogP) is 3.81.